The highest BCUT2D eigenvalue weighted by Gasteiger charge is 2.30. The first kappa shape index (κ1) is 15.0. The average molecular weight is 321 g/mol. The van der Waals surface area contributed by atoms with Gasteiger partial charge in [-0.3, -0.25) is 14.5 Å². The van der Waals surface area contributed by atoms with Crippen molar-refractivity contribution in [1.82, 2.24) is 9.62 Å². The molecular weight excluding hydrogens is 302 g/mol. The van der Waals surface area contributed by atoms with Gasteiger partial charge in [0.1, 0.15) is 12.4 Å². The Balaban J connectivity index is 1.75. The molecule has 1 fully saturated rings. The zero-order valence-electron chi connectivity index (χ0n) is 12.4. The minimum absolute atomic E-state index is 0.0289. The van der Waals surface area contributed by atoms with E-state index >= 15 is 0 Å². The Labute approximate surface area is 130 Å². The number of aliphatic imine (C=N–C) groups is 1. The normalized spacial score (nSPS) is 24.9. The van der Waals surface area contributed by atoms with Crippen molar-refractivity contribution < 1.29 is 13.2 Å². The third-order valence-corrected chi connectivity index (χ3v) is 5.44. The van der Waals surface area contributed by atoms with Gasteiger partial charge in [-0.2, -0.15) is 0 Å². The fourth-order valence-electron chi connectivity index (χ4n) is 2.91. The molecule has 0 saturated carbocycles. The van der Waals surface area contributed by atoms with E-state index in [0.29, 0.717) is 11.5 Å². The van der Waals surface area contributed by atoms with E-state index in [4.69, 9.17) is 0 Å². The first-order valence-electron chi connectivity index (χ1n) is 7.42. The van der Waals surface area contributed by atoms with E-state index in [2.05, 4.69) is 16.6 Å². The number of benzene rings is 1. The Bertz CT molecular complexity index is 727. The van der Waals surface area contributed by atoms with Crippen molar-refractivity contribution in [3.8, 4) is 0 Å². The molecule has 2 aliphatic heterocycles. The molecule has 0 radical (unpaired) electrons. The third-order valence-electron chi connectivity index (χ3n) is 4.04. The number of nitrogens with one attached hydrogen (secondary N) is 1. The number of hydrogen-bond acceptors (Lipinski definition) is 4. The van der Waals surface area contributed by atoms with Gasteiger partial charge in [0.25, 0.3) is 10.0 Å². The minimum Gasteiger partial charge on any atom is -0.341 e. The minimum atomic E-state index is -3.54. The molecule has 1 N–H and O–H groups in total. The summed E-state index contributed by atoms with van der Waals surface area (Å²) in [6.45, 7) is 3.62. The Hall–Kier alpha value is -1.89. The fraction of sp³-hybridized carbons (Fsp3) is 0.467. The topological polar surface area (TPSA) is 78.8 Å². The van der Waals surface area contributed by atoms with Crippen LogP contribution in [0.5, 0.6) is 0 Å². The van der Waals surface area contributed by atoms with Crippen molar-refractivity contribution in [1.29, 1.82) is 0 Å². The van der Waals surface area contributed by atoms with Gasteiger partial charge in [-0.25, -0.2) is 8.42 Å². The van der Waals surface area contributed by atoms with Crippen molar-refractivity contribution in [2.45, 2.75) is 24.7 Å². The van der Waals surface area contributed by atoms with Crippen LogP contribution in [0, 0.1) is 5.92 Å². The van der Waals surface area contributed by atoms with Crippen molar-refractivity contribution in [3.05, 3.63) is 29.8 Å². The largest absolute Gasteiger partial charge is 0.341 e. The summed E-state index contributed by atoms with van der Waals surface area (Å²) in [6.07, 6.45) is 2.16. The molecule has 3 rings (SSSR count). The average Bonchev–Trinajstić information content (AvgIpc) is 2.76. The van der Waals surface area contributed by atoms with Crippen molar-refractivity contribution in [2.24, 2.45) is 10.9 Å². The lowest BCUT2D eigenvalue weighted by molar-refractivity contribution is -0.131. The summed E-state index contributed by atoms with van der Waals surface area (Å²) in [5.74, 6) is 0.715. The maximum atomic E-state index is 12.2. The van der Waals surface area contributed by atoms with E-state index < -0.39 is 10.0 Å². The number of carbonyl (C=O) groups excluding carboxylic acids is 1. The van der Waals surface area contributed by atoms with Crippen LogP contribution < -0.4 is 4.72 Å². The van der Waals surface area contributed by atoms with Gasteiger partial charge in [-0.1, -0.05) is 19.1 Å². The molecule has 0 spiro atoms. The van der Waals surface area contributed by atoms with E-state index in [1.807, 2.05) is 4.90 Å². The number of rotatable bonds is 2. The maximum absolute atomic E-state index is 12.2. The molecular formula is C15H19N3O3S. The molecule has 22 heavy (non-hydrogen) atoms. The van der Waals surface area contributed by atoms with E-state index in [1.54, 1.807) is 18.2 Å². The van der Waals surface area contributed by atoms with Crippen LogP contribution in [-0.4, -0.2) is 44.7 Å². The SMILES string of the molecule is CC1CCCN(C(=O)CN=C2NS(=O)(=O)c3ccccc32)C1. The molecule has 2 aliphatic rings. The van der Waals surface area contributed by atoms with Crippen LogP contribution in [0.1, 0.15) is 25.3 Å². The standard InChI is InChI=1S/C15H19N3O3S/c1-11-5-4-8-18(10-11)14(19)9-16-15-12-6-2-3-7-13(12)22(20,21)17-15/h2-3,6-7,11H,4-5,8-10H2,1H3,(H,16,17). The van der Waals surface area contributed by atoms with Gasteiger partial charge < -0.3 is 4.90 Å². The summed E-state index contributed by atoms with van der Waals surface area (Å²) < 4.78 is 26.3. The van der Waals surface area contributed by atoms with E-state index in [0.717, 1.165) is 25.9 Å². The van der Waals surface area contributed by atoms with Gasteiger partial charge in [-0.05, 0) is 30.9 Å². The molecule has 1 aromatic carbocycles. The summed E-state index contributed by atoms with van der Waals surface area (Å²) in [6, 6.07) is 6.65. The number of piperidine rings is 1. The highest BCUT2D eigenvalue weighted by Crippen LogP contribution is 2.22. The number of amidine groups is 1. The quantitative estimate of drug-likeness (QED) is 0.882. The molecule has 2 heterocycles. The number of hydrogen-bond donors (Lipinski definition) is 1. The number of nitrogens with zero attached hydrogens (tertiary/aromatic N) is 2. The molecule has 1 atom stereocenters. The molecule has 0 aromatic heterocycles. The predicted molar refractivity (Wildman–Crippen MR) is 83.1 cm³/mol. The Morgan fingerprint density at radius 1 is 1.41 bits per heavy atom. The Morgan fingerprint density at radius 3 is 2.95 bits per heavy atom. The number of amides is 1. The first-order chi connectivity index (χ1) is 10.5. The van der Waals surface area contributed by atoms with Crippen LogP contribution in [0.15, 0.2) is 34.2 Å². The van der Waals surface area contributed by atoms with E-state index in [1.165, 1.54) is 6.07 Å². The molecule has 1 amide bonds. The van der Waals surface area contributed by atoms with Gasteiger partial charge in [0.05, 0.1) is 4.90 Å². The molecule has 1 saturated heterocycles. The lowest BCUT2D eigenvalue weighted by atomic mass is 10.0. The predicted octanol–water partition coefficient (Wildman–Crippen LogP) is 0.984. The van der Waals surface area contributed by atoms with Crippen molar-refractivity contribution >= 4 is 21.8 Å². The van der Waals surface area contributed by atoms with Crippen LogP contribution in [0.2, 0.25) is 0 Å². The zero-order valence-corrected chi connectivity index (χ0v) is 13.3. The second-order valence-electron chi connectivity index (χ2n) is 5.85. The second kappa shape index (κ2) is 5.72. The number of carbonyl (C=O) groups is 1. The second-order valence-corrected chi connectivity index (χ2v) is 7.50. The molecule has 1 unspecified atom stereocenters. The molecule has 0 aliphatic carbocycles. The first-order valence-corrected chi connectivity index (χ1v) is 8.90. The van der Waals surface area contributed by atoms with Crippen molar-refractivity contribution in [2.75, 3.05) is 19.6 Å². The Kier molecular flexibility index (Phi) is 3.90. The molecule has 0 bridgehead atoms. The number of fused-ring (bicyclic) bond motifs is 1. The summed E-state index contributed by atoms with van der Waals surface area (Å²) in [7, 11) is -3.54. The highest BCUT2D eigenvalue weighted by molar-refractivity contribution is 7.90. The molecule has 7 heteroatoms. The summed E-state index contributed by atoms with van der Waals surface area (Å²) >= 11 is 0. The number of likely N-dealkylation sites (tertiary alicyclic amines) is 1. The zero-order chi connectivity index (χ0) is 15.7. The monoisotopic (exact) mass is 321 g/mol. The smallest absolute Gasteiger partial charge is 0.263 e. The summed E-state index contributed by atoms with van der Waals surface area (Å²) in [5, 5.41) is 0. The van der Waals surface area contributed by atoms with Gasteiger partial charge in [-0.15, -0.1) is 0 Å². The van der Waals surface area contributed by atoms with Gasteiger partial charge in [0, 0.05) is 18.7 Å². The van der Waals surface area contributed by atoms with Crippen LogP contribution in [0.4, 0.5) is 0 Å². The van der Waals surface area contributed by atoms with Gasteiger partial charge >= 0.3 is 0 Å². The van der Waals surface area contributed by atoms with Crippen LogP contribution in [-0.2, 0) is 14.8 Å². The van der Waals surface area contributed by atoms with E-state index in [9.17, 15) is 13.2 Å². The summed E-state index contributed by atoms with van der Waals surface area (Å²) in [4.78, 5) is 18.4. The van der Waals surface area contributed by atoms with Gasteiger partial charge in [0.2, 0.25) is 5.91 Å². The molecule has 6 nitrogen and oxygen atoms in total. The van der Waals surface area contributed by atoms with Gasteiger partial charge in [0.15, 0.2) is 0 Å². The lowest BCUT2D eigenvalue weighted by Gasteiger charge is -2.30. The van der Waals surface area contributed by atoms with Crippen molar-refractivity contribution in [3.63, 3.8) is 0 Å². The fourth-order valence-corrected chi connectivity index (χ4v) is 4.16. The Morgan fingerprint density at radius 2 is 2.18 bits per heavy atom. The van der Waals surface area contributed by atoms with Crippen LogP contribution >= 0.6 is 0 Å². The summed E-state index contributed by atoms with van der Waals surface area (Å²) in [5.41, 5.74) is 0.530. The third kappa shape index (κ3) is 2.85. The highest BCUT2D eigenvalue weighted by atomic mass is 32.2. The maximum Gasteiger partial charge on any atom is 0.263 e. The van der Waals surface area contributed by atoms with Crippen LogP contribution in [0.25, 0.3) is 0 Å². The number of sulfonamides is 1. The van der Waals surface area contributed by atoms with Crippen LogP contribution in [0.3, 0.4) is 0 Å². The lowest BCUT2D eigenvalue weighted by Crippen LogP contribution is -2.40. The molecule has 118 valence electrons. The molecule has 1 aromatic rings. The van der Waals surface area contributed by atoms with E-state index in [-0.39, 0.29) is 23.2 Å².